The molecule has 0 aliphatic heterocycles. The third-order valence-corrected chi connectivity index (χ3v) is 3.18. The Kier molecular flexibility index (Phi) is 3.60. The number of likely N-dealkylation sites (N-methyl/N-ethyl adjacent to an activating group) is 1. The highest BCUT2D eigenvalue weighted by atomic mass is 16.2. The maximum atomic E-state index is 11.6. The van der Waals surface area contributed by atoms with Crippen LogP contribution in [0.5, 0.6) is 0 Å². The van der Waals surface area contributed by atoms with Gasteiger partial charge in [-0.15, -0.1) is 0 Å². The number of carbonyl (C=O) groups excluding carboxylic acids is 1. The van der Waals surface area contributed by atoms with E-state index in [4.69, 9.17) is 0 Å². The average molecular weight is 257 g/mol. The molecule has 0 fully saturated rings. The number of aromatic amines is 1. The van der Waals surface area contributed by atoms with Crippen molar-refractivity contribution in [2.45, 2.75) is 6.54 Å². The monoisotopic (exact) mass is 257 g/mol. The number of anilines is 1. The van der Waals surface area contributed by atoms with E-state index < -0.39 is 0 Å². The van der Waals surface area contributed by atoms with Crippen molar-refractivity contribution in [1.29, 1.82) is 0 Å². The average Bonchev–Trinajstić information content (AvgIpc) is 2.77. The van der Waals surface area contributed by atoms with Gasteiger partial charge in [-0.25, -0.2) is 0 Å². The first-order chi connectivity index (χ1) is 9.04. The second kappa shape index (κ2) is 5.18. The van der Waals surface area contributed by atoms with E-state index in [9.17, 15) is 4.79 Å². The predicted molar refractivity (Wildman–Crippen MR) is 79.3 cm³/mol. The summed E-state index contributed by atoms with van der Waals surface area (Å²) >= 11 is 0. The van der Waals surface area contributed by atoms with Crippen molar-refractivity contribution in [3.05, 3.63) is 42.5 Å². The third kappa shape index (κ3) is 2.47. The fourth-order valence-electron chi connectivity index (χ4n) is 2.20. The number of hydrogen-bond acceptors (Lipinski definition) is 2. The molecule has 19 heavy (non-hydrogen) atoms. The first kappa shape index (κ1) is 13.2. The Hall–Kier alpha value is -2.23. The van der Waals surface area contributed by atoms with Gasteiger partial charge in [-0.3, -0.25) is 4.79 Å². The van der Waals surface area contributed by atoms with E-state index in [0.717, 1.165) is 22.3 Å². The largest absolute Gasteiger partial charge is 0.364 e. The van der Waals surface area contributed by atoms with Crippen LogP contribution in [0.1, 0.15) is 5.56 Å². The van der Waals surface area contributed by atoms with Crippen LogP contribution in [0.2, 0.25) is 0 Å². The summed E-state index contributed by atoms with van der Waals surface area (Å²) in [5.41, 5.74) is 2.21. The fraction of sp³-hybridized carbons (Fsp3) is 0.267. The summed E-state index contributed by atoms with van der Waals surface area (Å²) in [6.07, 6.45) is 1.34. The number of rotatable bonds is 4. The fourth-order valence-corrected chi connectivity index (χ4v) is 2.20. The van der Waals surface area contributed by atoms with Gasteiger partial charge in [0.25, 0.3) is 0 Å². The van der Waals surface area contributed by atoms with Crippen LogP contribution in [0.15, 0.2) is 36.9 Å². The van der Waals surface area contributed by atoms with Gasteiger partial charge in [0.15, 0.2) is 0 Å². The highest BCUT2D eigenvalue weighted by Crippen LogP contribution is 2.28. The van der Waals surface area contributed by atoms with Crippen molar-refractivity contribution in [1.82, 2.24) is 9.88 Å². The van der Waals surface area contributed by atoms with Gasteiger partial charge in [0.2, 0.25) is 5.91 Å². The molecule has 2 rings (SSSR count). The quantitative estimate of drug-likeness (QED) is 0.854. The van der Waals surface area contributed by atoms with Crippen LogP contribution in [0.3, 0.4) is 0 Å². The third-order valence-electron chi connectivity index (χ3n) is 3.18. The van der Waals surface area contributed by atoms with Gasteiger partial charge in [0.1, 0.15) is 5.82 Å². The maximum Gasteiger partial charge on any atom is 0.245 e. The normalized spacial score (nSPS) is 10.5. The summed E-state index contributed by atoms with van der Waals surface area (Å²) in [5, 5.41) is 1.15. The van der Waals surface area contributed by atoms with Gasteiger partial charge in [0.05, 0.1) is 0 Å². The number of fused-ring (bicyclic) bond motifs is 1. The van der Waals surface area contributed by atoms with Crippen molar-refractivity contribution in [3.63, 3.8) is 0 Å². The minimum atomic E-state index is -0.0741. The summed E-state index contributed by atoms with van der Waals surface area (Å²) in [4.78, 5) is 18.7. The standard InChI is InChI=1S/C15H19N3O/c1-5-14(19)18(4)10-12-11-8-6-7-9-13(11)16-15(12)17(2)3/h5-9,16H,1,10H2,2-4H3. The molecule has 0 atom stereocenters. The zero-order valence-corrected chi connectivity index (χ0v) is 11.6. The lowest BCUT2D eigenvalue weighted by Crippen LogP contribution is -2.25. The lowest BCUT2D eigenvalue weighted by Gasteiger charge is -2.18. The maximum absolute atomic E-state index is 11.6. The van der Waals surface area contributed by atoms with E-state index in [1.54, 1.807) is 11.9 Å². The highest BCUT2D eigenvalue weighted by Gasteiger charge is 2.15. The molecule has 0 aliphatic carbocycles. The number of hydrogen-bond donors (Lipinski definition) is 1. The molecule has 0 saturated heterocycles. The van der Waals surface area contributed by atoms with Gasteiger partial charge in [-0.05, 0) is 12.1 Å². The predicted octanol–water partition coefficient (Wildman–Crippen LogP) is 2.38. The first-order valence-electron chi connectivity index (χ1n) is 6.19. The molecule has 0 unspecified atom stereocenters. The summed E-state index contributed by atoms with van der Waals surface area (Å²) in [6, 6.07) is 8.12. The van der Waals surface area contributed by atoms with E-state index in [-0.39, 0.29) is 5.91 Å². The lowest BCUT2D eigenvalue weighted by atomic mass is 10.1. The topological polar surface area (TPSA) is 39.3 Å². The van der Waals surface area contributed by atoms with Crippen molar-refractivity contribution in [3.8, 4) is 0 Å². The Morgan fingerprint density at radius 1 is 1.32 bits per heavy atom. The molecule has 0 aliphatic rings. The van der Waals surface area contributed by atoms with Gasteiger partial charge >= 0.3 is 0 Å². The second-order valence-corrected chi connectivity index (χ2v) is 4.79. The molecular weight excluding hydrogens is 238 g/mol. The Bertz CT molecular complexity index is 613. The number of carbonyl (C=O) groups is 1. The van der Waals surface area contributed by atoms with Crippen molar-refractivity contribution in [2.24, 2.45) is 0 Å². The minimum Gasteiger partial charge on any atom is -0.364 e. The van der Waals surface area contributed by atoms with Crippen LogP contribution < -0.4 is 4.90 Å². The van der Waals surface area contributed by atoms with Crippen LogP contribution in [0.4, 0.5) is 5.82 Å². The molecule has 0 radical (unpaired) electrons. The number of amides is 1. The Labute approximate surface area is 113 Å². The number of nitrogens with one attached hydrogen (secondary N) is 1. The molecule has 1 amide bonds. The molecule has 100 valence electrons. The minimum absolute atomic E-state index is 0.0741. The SMILES string of the molecule is C=CC(=O)N(C)Cc1c(N(C)C)[nH]c2ccccc12. The Morgan fingerprint density at radius 3 is 2.63 bits per heavy atom. The lowest BCUT2D eigenvalue weighted by molar-refractivity contribution is -0.125. The van der Waals surface area contributed by atoms with Gasteiger partial charge < -0.3 is 14.8 Å². The highest BCUT2D eigenvalue weighted by molar-refractivity contribution is 5.91. The summed E-state index contributed by atoms with van der Waals surface area (Å²) in [6.45, 7) is 4.08. The molecule has 4 heteroatoms. The van der Waals surface area contributed by atoms with E-state index >= 15 is 0 Å². The van der Waals surface area contributed by atoms with E-state index in [0.29, 0.717) is 6.54 Å². The molecule has 0 saturated carbocycles. The van der Waals surface area contributed by atoms with Crippen LogP contribution >= 0.6 is 0 Å². The van der Waals surface area contributed by atoms with Crippen LogP contribution in [0.25, 0.3) is 10.9 Å². The van der Waals surface area contributed by atoms with Crippen LogP contribution in [-0.2, 0) is 11.3 Å². The summed E-state index contributed by atoms with van der Waals surface area (Å²) in [5.74, 6) is 0.958. The molecule has 1 aromatic heterocycles. The zero-order valence-electron chi connectivity index (χ0n) is 11.6. The van der Waals surface area contributed by atoms with Crippen molar-refractivity contribution < 1.29 is 4.79 Å². The van der Waals surface area contributed by atoms with Crippen LogP contribution in [-0.4, -0.2) is 36.9 Å². The van der Waals surface area contributed by atoms with Gasteiger partial charge in [-0.2, -0.15) is 0 Å². The molecular formula is C15H19N3O. The molecule has 4 nitrogen and oxygen atoms in total. The molecule has 2 aromatic rings. The molecule has 1 aromatic carbocycles. The molecule has 1 heterocycles. The molecule has 0 bridgehead atoms. The number of aromatic nitrogens is 1. The van der Waals surface area contributed by atoms with Gasteiger partial charge in [-0.1, -0.05) is 24.8 Å². The number of para-hydroxylation sites is 1. The van der Waals surface area contributed by atoms with Crippen molar-refractivity contribution >= 4 is 22.6 Å². The van der Waals surface area contributed by atoms with Crippen molar-refractivity contribution in [2.75, 3.05) is 26.0 Å². The van der Waals surface area contributed by atoms with E-state index in [1.165, 1.54) is 6.08 Å². The van der Waals surface area contributed by atoms with E-state index in [1.807, 2.05) is 37.2 Å². The number of nitrogens with zero attached hydrogens (tertiary/aromatic N) is 2. The summed E-state index contributed by atoms with van der Waals surface area (Å²) < 4.78 is 0. The number of benzene rings is 1. The zero-order chi connectivity index (χ0) is 14.0. The summed E-state index contributed by atoms with van der Waals surface area (Å²) in [7, 11) is 5.76. The Balaban J connectivity index is 2.47. The van der Waals surface area contributed by atoms with Gasteiger partial charge in [0, 0.05) is 44.2 Å². The molecule has 0 spiro atoms. The Morgan fingerprint density at radius 2 is 2.00 bits per heavy atom. The number of H-pyrrole nitrogens is 1. The second-order valence-electron chi connectivity index (χ2n) is 4.79. The molecule has 1 N–H and O–H groups in total. The van der Waals surface area contributed by atoms with Crippen LogP contribution in [0, 0.1) is 0 Å². The van der Waals surface area contributed by atoms with E-state index in [2.05, 4.69) is 17.6 Å². The smallest absolute Gasteiger partial charge is 0.245 e. The first-order valence-corrected chi connectivity index (χ1v) is 6.19.